The topological polar surface area (TPSA) is 107 Å². The van der Waals surface area contributed by atoms with Crippen LogP contribution in [-0.4, -0.2) is 47.6 Å². The van der Waals surface area contributed by atoms with Crippen LogP contribution in [0.25, 0.3) is 6.08 Å². The molecule has 0 N–H and O–H groups in total. The van der Waals surface area contributed by atoms with Crippen LogP contribution in [0.5, 0.6) is 0 Å². The standard InChI is InChI=1S/C14H12N2O5S2.Na/c1-22-10-7-23(20,21)13-9(6-8-4-2-3-5-15-8)12(17)16(13)11(10)14(18)19;/h2-6,13H,7H2,1H3,(H,18,19);/q;+1/p-1/b9-6+;/t13-;/m1./s1. The van der Waals surface area contributed by atoms with Crippen molar-refractivity contribution in [1.82, 2.24) is 9.88 Å². The number of carbonyl (C=O) groups is 2. The average molecular weight is 374 g/mol. The molecular weight excluding hydrogens is 363 g/mol. The van der Waals surface area contributed by atoms with Crippen LogP contribution in [0.4, 0.5) is 0 Å². The first kappa shape index (κ1) is 19.2. The van der Waals surface area contributed by atoms with E-state index in [-0.39, 0.29) is 45.7 Å². The molecule has 0 spiro atoms. The third-order valence-corrected chi connectivity index (χ3v) is 6.42. The molecule has 120 valence electrons. The number of carboxylic acids is 1. The van der Waals surface area contributed by atoms with Crippen molar-refractivity contribution in [2.45, 2.75) is 5.37 Å². The van der Waals surface area contributed by atoms with E-state index >= 15 is 0 Å². The first-order chi connectivity index (χ1) is 10.9. The zero-order valence-corrected chi connectivity index (χ0v) is 16.6. The summed E-state index contributed by atoms with van der Waals surface area (Å²) in [6.07, 6.45) is 4.45. The van der Waals surface area contributed by atoms with E-state index < -0.39 is 32.8 Å². The molecule has 1 aromatic heterocycles. The Bertz CT molecular complexity index is 864. The van der Waals surface area contributed by atoms with Gasteiger partial charge in [-0.3, -0.25) is 14.7 Å². The van der Waals surface area contributed by atoms with Crippen molar-refractivity contribution in [3.63, 3.8) is 0 Å². The van der Waals surface area contributed by atoms with E-state index in [1.807, 2.05) is 0 Å². The second kappa shape index (κ2) is 7.01. The first-order valence-electron chi connectivity index (χ1n) is 6.53. The van der Waals surface area contributed by atoms with Gasteiger partial charge >= 0.3 is 29.6 Å². The molecule has 1 fully saturated rings. The molecule has 7 nitrogen and oxygen atoms in total. The molecule has 2 aliphatic rings. The minimum absolute atomic E-state index is 0. The van der Waals surface area contributed by atoms with Crippen molar-refractivity contribution >= 4 is 39.6 Å². The van der Waals surface area contributed by atoms with Crippen LogP contribution >= 0.6 is 11.8 Å². The minimum atomic E-state index is -3.71. The van der Waals surface area contributed by atoms with Crippen LogP contribution in [0.3, 0.4) is 0 Å². The summed E-state index contributed by atoms with van der Waals surface area (Å²) in [6.45, 7) is 0. The normalized spacial score (nSPS) is 23.4. The Balaban J connectivity index is 0.00000208. The van der Waals surface area contributed by atoms with Gasteiger partial charge in [-0.2, -0.15) is 0 Å². The largest absolute Gasteiger partial charge is 1.00 e. The molecule has 0 saturated carbocycles. The summed E-state index contributed by atoms with van der Waals surface area (Å²) in [5, 5.41) is 10.0. The molecule has 1 amide bonds. The van der Waals surface area contributed by atoms with Gasteiger partial charge < -0.3 is 9.90 Å². The van der Waals surface area contributed by atoms with Gasteiger partial charge in [-0.1, -0.05) is 6.07 Å². The molecule has 0 aliphatic carbocycles. The van der Waals surface area contributed by atoms with Gasteiger partial charge in [0.15, 0.2) is 15.2 Å². The van der Waals surface area contributed by atoms with Crippen LogP contribution < -0.4 is 34.7 Å². The number of aliphatic carboxylic acids is 1. The molecule has 0 aromatic carbocycles. The molecule has 0 radical (unpaired) electrons. The number of hydrogen-bond acceptors (Lipinski definition) is 7. The van der Waals surface area contributed by atoms with Gasteiger partial charge in [-0.05, 0) is 24.5 Å². The summed E-state index contributed by atoms with van der Waals surface area (Å²) in [7, 11) is -3.71. The maximum atomic E-state index is 12.4. The fraction of sp³-hybridized carbons (Fsp3) is 0.214. The Hall–Kier alpha value is -1.13. The molecule has 3 rings (SSSR count). The summed E-state index contributed by atoms with van der Waals surface area (Å²) < 4.78 is 24.8. The van der Waals surface area contributed by atoms with E-state index in [1.54, 1.807) is 24.5 Å². The van der Waals surface area contributed by atoms with E-state index in [9.17, 15) is 23.1 Å². The Morgan fingerprint density at radius 3 is 2.71 bits per heavy atom. The summed E-state index contributed by atoms with van der Waals surface area (Å²) in [4.78, 5) is 28.5. The van der Waals surface area contributed by atoms with Crippen LogP contribution in [0.15, 0.2) is 40.6 Å². The van der Waals surface area contributed by atoms with Crippen LogP contribution in [0.1, 0.15) is 5.69 Å². The van der Waals surface area contributed by atoms with Crippen molar-refractivity contribution in [2.24, 2.45) is 0 Å². The number of nitrogens with zero attached hydrogens (tertiary/aromatic N) is 2. The number of thioether (sulfide) groups is 1. The number of rotatable bonds is 3. The predicted octanol–water partition coefficient (Wildman–Crippen LogP) is -3.61. The Morgan fingerprint density at radius 2 is 2.17 bits per heavy atom. The molecule has 3 heterocycles. The monoisotopic (exact) mass is 374 g/mol. The smallest absolute Gasteiger partial charge is 0.543 e. The fourth-order valence-corrected chi connectivity index (χ4v) is 5.66. The van der Waals surface area contributed by atoms with Crippen molar-refractivity contribution in [1.29, 1.82) is 0 Å². The van der Waals surface area contributed by atoms with Crippen molar-refractivity contribution in [3.05, 3.63) is 46.3 Å². The zero-order chi connectivity index (χ0) is 16.8. The average Bonchev–Trinajstić information content (AvgIpc) is 2.51. The van der Waals surface area contributed by atoms with Gasteiger partial charge in [-0.15, -0.1) is 11.8 Å². The quantitative estimate of drug-likeness (QED) is 0.305. The SMILES string of the molecule is CSC1=C(C(=O)[O-])N2C(=O)/C(=C\c3ccccn3)[C@H]2S(=O)(=O)C1.[Na+]. The number of carbonyl (C=O) groups excluding carboxylic acids is 2. The molecule has 0 bridgehead atoms. The number of sulfone groups is 1. The Morgan fingerprint density at radius 1 is 1.46 bits per heavy atom. The number of pyridine rings is 1. The molecule has 1 saturated heterocycles. The number of fused-ring (bicyclic) bond motifs is 1. The molecule has 1 atom stereocenters. The zero-order valence-electron chi connectivity index (χ0n) is 12.9. The van der Waals surface area contributed by atoms with E-state index in [4.69, 9.17) is 0 Å². The third kappa shape index (κ3) is 3.06. The van der Waals surface area contributed by atoms with Crippen molar-refractivity contribution < 1.29 is 52.7 Å². The van der Waals surface area contributed by atoms with Crippen LogP contribution in [0, 0.1) is 0 Å². The molecule has 10 heteroatoms. The summed E-state index contributed by atoms with van der Waals surface area (Å²) in [5.41, 5.74) is 0.0865. The fourth-order valence-electron chi connectivity index (χ4n) is 2.58. The van der Waals surface area contributed by atoms with Gasteiger partial charge in [0.25, 0.3) is 5.91 Å². The third-order valence-electron chi connectivity index (χ3n) is 3.57. The number of amides is 1. The molecule has 1 aromatic rings. The maximum absolute atomic E-state index is 12.4. The summed E-state index contributed by atoms with van der Waals surface area (Å²) in [5.74, 6) is -2.64. The molecule has 24 heavy (non-hydrogen) atoms. The van der Waals surface area contributed by atoms with Gasteiger partial charge in [0, 0.05) is 11.1 Å². The van der Waals surface area contributed by atoms with E-state index in [0.717, 1.165) is 16.7 Å². The molecular formula is C14H11N2NaO5S2. The van der Waals surface area contributed by atoms with E-state index in [1.165, 1.54) is 12.3 Å². The van der Waals surface area contributed by atoms with Crippen LogP contribution in [-0.2, 0) is 19.4 Å². The number of aromatic nitrogens is 1. The Labute approximate surface area is 165 Å². The second-order valence-electron chi connectivity index (χ2n) is 4.95. The molecule has 0 unspecified atom stereocenters. The van der Waals surface area contributed by atoms with E-state index in [0.29, 0.717) is 5.69 Å². The van der Waals surface area contributed by atoms with Gasteiger partial charge in [-0.25, -0.2) is 8.42 Å². The van der Waals surface area contributed by atoms with Crippen molar-refractivity contribution in [2.75, 3.05) is 12.0 Å². The van der Waals surface area contributed by atoms with E-state index in [2.05, 4.69) is 4.98 Å². The van der Waals surface area contributed by atoms with Crippen LogP contribution in [0.2, 0.25) is 0 Å². The van der Waals surface area contributed by atoms with Gasteiger partial charge in [0.05, 0.1) is 28.7 Å². The second-order valence-corrected chi connectivity index (χ2v) is 7.91. The van der Waals surface area contributed by atoms with Crippen molar-refractivity contribution in [3.8, 4) is 0 Å². The van der Waals surface area contributed by atoms with Gasteiger partial charge in [0.2, 0.25) is 0 Å². The number of carboxylic acid groups (broad SMARTS) is 1. The predicted molar refractivity (Wildman–Crippen MR) is 82.2 cm³/mol. The Kier molecular flexibility index (Phi) is 5.61. The van der Waals surface area contributed by atoms with Gasteiger partial charge in [0.1, 0.15) is 0 Å². The molecule has 2 aliphatic heterocycles. The number of hydrogen-bond donors (Lipinski definition) is 0. The maximum Gasteiger partial charge on any atom is 1.00 e. The minimum Gasteiger partial charge on any atom is -0.543 e. The first-order valence-corrected chi connectivity index (χ1v) is 9.47. The summed E-state index contributed by atoms with van der Waals surface area (Å²) >= 11 is 0.985. The number of β-lactam (4-membered cyclic amide) rings is 1. The summed E-state index contributed by atoms with van der Waals surface area (Å²) in [6, 6.07) is 5.02.